The Hall–Kier alpha value is -1.81. The topological polar surface area (TPSA) is 42.2 Å². The van der Waals surface area contributed by atoms with Gasteiger partial charge in [0.05, 0.1) is 24.5 Å². The van der Waals surface area contributed by atoms with E-state index in [0.29, 0.717) is 35.8 Å². The predicted octanol–water partition coefficient (Wildman–Crippen LogP) is 5.54. The zero-order valence-electron chi connectivity index (χ0n) is 16.4. The Labute approximate surface area is 184 Å². The molecule has 7 heteroatoms. The highest BCUT2D eigenvalue weighted by Gasteiger charge is 2.53. The van der Waals surface area contributed by atoms with Crippen LogP contribution < -0.4 is 4.74 Å². The molecule has 1 fully saturated rings. The molecule has 4 rings (SSSR count). The van der Waals surface area contributed by atoms with Crippen LogP contribution in [0.25, 0.3) is 0 Å². The Kier molecular flexibility index (Phi) is 6.52. The highest BCUT2D eigenvalue weighted by molar-refractivity contribution is 7.99. The van der Waals surface area contributed by atoms with Crippen LogP contribution in [0.5, 0.6) is 5.75 Å². The summed E-state index contributed by atoms with van der Waals surface area (Å²) in [6.07, 6.45) is 1.72. The van der Waals surface area contributed by atoms with Crippen molar-refractivity contribution in [2.24, 2.45) is 5.92 Å². The van der Waals surface area contributed by atoms with Crippen molar-refractivity contribution >= 4 is 23.4 Å². The molecule has 2 heterocycles. The summed E-state index contributed by atoms with van der Waals surface area (Å²) in [5.41, 5.74) is 0.711. The van der Waals surface area contributed by atoms with Gasteiger partial charge in [0.15, 0.2) is 11.6 Å². The van der Waals surface area contributed by atoms with E-state index in [-0.39, 0.29) is 24.4 Å². The first-order valence-corrected chi connectivity index (χ1v) is 11.5. The van der Waals surface area contributed by atoms with Crippen LogP contribution in [0, 0.1) is 28.9 Å². The van der Waals surface area contributed by atoms with Gasteiger partial charge in [-0.15, -0.1) is 11.8 Å². The minimum absolute atomic E-state index is 0.0275. The number of nitriles is 1. The van der Waals surface area contributed by atoms with Crippen molar-refractivity contribution in [1.82, 2.24) is 0 Å². The van der Waals surface area contributed by atoms with Crippen LogP contribution in [0.1, 0.15) is 24.0 Å². The summed E-state index contributed by atoms with van der Waals surface area (Å²) in [5.74, 6) is 0.127. The lowest BCUT2D eigenvalue weighted by Gasteiger charge is -2.51. The molecule has 0 N–H and O–H groups in total. The van der Waals surface area contributed by atoms with Crippen LogP contribution >= 0.6 is 23.4 Å². The third-order valence-electron chi connectivity index (χ3n) is 6.15. The lowest BCUT2D eigenvalue weighted by Crippen LogP contribution is -2.55. The molecule has 158 valence electrons. The molecule has 0 saturated carbocycles. The monoisotopic (exact) mass is 449 g/mol. The number of nitrogens with zero attached hydrogens (tertiary/aromatic N) is 1. The molecular formula is C23H22ClF2NO2S. The molecule has 3 atom stereocenters. The summed E-state index contributed by atoms with van der Waals surface area (Å²) in [5, 5.41) is 9.41. The van der Waals surface area contributed by atoms with Crippen LogP contribution in [0.2, 0.25) is 5.02 Å². The first kappa shape index (κ1) is 21.4. The van der Waals surface area contributed by atoms with E-state index in [1.54, 1.807) is 11.8 Å². The lowest BCUT2D eigenvalue weighted by atomic mass is 9.60. The summed E-state index contributed by atoms with van der Waals surface area (Å²) in [4.78, 5) is 0. The minimum Gasteiger partial charge on any atom is -0.490 e. The number of benzene rings is 2. The summed E-state index contributed by atoms with van der Waals surface area (Å²) in [6.45, 7) is 0.738. The maximum Gasteiger partial charge on any atom is 0.165 e. The normalized spacial score (nSPS) is 25.0. The predicted molar refractivity (Wildman–Crippen MR) is 114 cm³/mol. The average molecular weight is 450 g/mol. The Morgan fingerprint density at radius 1 is 1.17 bits per heavy atom. The van der Waals surface area contributed by atoms with E-state index in [2.05, 4.69) is 6.07 Å². The molecule has 0 aliphatic carbocycles. The van der Waals surface area contributed by atoms with Gasteiger partial charge in [0, 0.05) is 28.5 Å². The van der Waals surface area contributed by atoms with Crippen LogP contribution in [0.15, 0.2) is 36.4 Å². The quantitative estimate of drug-likeness (QED) is 0.543. The van der Waals surface area contributed by atoms with Crippen molar-refractivity contribution in [3.63, 3.8) is 0 Å². The second-order valence-electron chi connectivity index (χ2n) is 7.77. The van der Waals surface area contributed by atoms with Crippen molar-refractivity contribution in [2.75, 3.05) is 24.7 Å². The van der Waals surface area contributed by atoms with E-state index in [9.17, 15) is 4.39 Å². The molecule has 1 saturated heterocycles. The zero-order valence-corrected chi connectivity index (χ0v) is 17.9. The molecule has 0 radical (unpaired) electrons. The molecule has 0 unspecified atom stereocenters. The van der Waals surface area contributed by atoms with Crippen LogP contribution in [0.4, 0.5) is 8.78 Å². The number of hydrogen-bond donors (Lipinski definition) is 0. The molecule has 2 aliphatic rings. The molecule has 0 amide bonds. The van der Waals surface area contributed by atoms with Gasteiger partial charge in [0.25, 0.3) is 0 Å². The van der Waals surface area contributed by atoms with Crippen molar-refractivity contribution < 1.29 is 18.3 Å². The molecule has 0 spiro atoms. The average Bonchev–Trinajstić information content (AvgIpc) is 2.75. The molecule has 2 aliphatic heterocycles. The maximum atomic E-state index is 15.2. The largest absolute Gasteiger partial charge is 0.490 e. The highest BCUT2D eigenvalue weighted by atomic mass is 35.5. The van der Waals surface area contributed by atoms with Gasteiger partial charge in [-0.2, -0.15) is 5.26 Å². The van der Waals surface area contributed by atoms with E-state index in [1.165, 1.54) is 6.07 Å². The summed E-state index contributed by atoms with van der Waals surface area (Å²) in [7, 11) is 0. The van der Waals surface area contributed by atoms with Gasteiger partial charge < -0.3 is 9.47 Å². The van der Waals surface area contributed by atoms with E-state index in [0.717, 1.165) is 23.8 Å². The molecular weight excluding hydrogens is 428 g/mol. The SMILES string of the molecule is N#CCSCC[C@@H]1OCC[C@@]2(Cc3ccc(Cl)cc3)c3c(F)ccc(F)c3OC[C@@H]12. The molecule has 2 aromatic carbocycles. The Morgan fingerprint density at radius 2 is 1.93 bits per heavy atom. The van der Waals surface area contributed by atoms with Gasteiger partial charge in [0.1, 0.15) is 5.82 Å². The van der Waals surface area contributed by atoms with Gasteiger partial charge >= 0.3 is 0 Å². The zero-order chi connectivity index (χ0) is 21.1. The minimum atomic E-state index is -0.629. The molecule has 3 nitrogen and oxygen atoms in total. The summed E-state index contributed by atoms with van der Waals surface area (Å²) >= 11 is 7.60. The smallest absolute Gasteiger partial charge is 0.165 e. The summed E-state index contributed by atoms with van der Waals surface area (Å²) in [6, 6.07) is 12.0. The fraction of sp³-hybridized carbons (Fsp3) is 0.435. The van der Waals surface area contributed by atoms with Crippen LogP contribution in [-0.4, -0.2) is 30.8 Å². The Bertz CT molecular complexity index is 949. The molecule has 2 aromatic rings. The Morgan fingerprint density at radius 3 is 2.70 bits per heavy atom. The van der Waals surface area contributed by atoms with E-state index >= 15 is 4.39 Å². The van der Waals surface area contributed by atoms with Crippen molar-refractivity contribution in [1.29, 1.82) is 5.26 Å². The molecule has 0 aromatic heterocycles. The third-order valence-corrected chi connectivity index (χ3v) is 7.26. The van der Waals surface area contributed by atoms with Gasteiger partial charge in [-0.1, -0.05) is 23.7 Å². The fourth-order valence-electron chi connectivity index (χ4n) is 4.81. The van der Waals surface area contributed by atoms with E-state index < -0.39 is 17.0 Å². The van der Waals surface area contributed by atoms with Crippen molar-refractivity contribution in [3.05, 3.63) is 64.2 Å². The molecule has 30 heavy (non-hydrogen) atoms. The van der Waals surface area contributed by atoms with Gasteiger partial charge in [-0.25, -0.2) is 8.78 Å². The summed E-state index contributed by atoms with van der Waals surface area (Å²) < 4.78 is 41.6. The second-order valence-corrected chi connectivity index (χ2v) is 9.31. The van der Waals surface area contributed by atoms with Crippen molar-refractivity contribution in [2.45, 2.75) is 30.8 Å². The number of thioether (sulfide) groups is 1. The van der Waals surface area contributed by atoms with Gasteiger partial charge in [-0.05, 0) is 54.8 Å². The first-order chi connectivity index (χ1) is 14.5. The number of fused-ring (bicyclic) bond motifs is 3. The third kappa shape index (κ3) is 4.03. The number of ether oxygens (including phenoxy) is 2. The van der Waals surface area contributed by atoms with E-state index in [4.69, 9.17) is 26.3 Å². The second kappa shape index (κ2) is 9.13. The van der Waals surface area contributed by atoms with Gasteiger partial charge in [0.2, 0.25) is 0 Å². The maximum absolute atomic E-state index is 15.2. The van der Waals surface area contributed by atoms with Crippen molar-refractivity contribution in [3.8, 4) is 11.8 Å². The Balaban J connectivity index is 1.74. The van der Waals surface area contributed by atoms with Gasteiger partial charge in [-0.3, -0.25) is 0 Å². The standard InChI is InChI=1S/C23H22ClF2NO2S/c24-16-3-1-15(2-4-16)13-23-8-10-28-20(7-11-30-12-9-27)17(23)14-29-22-19(26)6-5-18(25)21(22)23/h1-6,17,20H,7-8,10-14H2/t17-,20-,23-/m0/s1. The number of halogens is 3. The number of hydrogen-bond acceptors (Lipinski definition) is 4. The van der Waals surface area contributed by atoms with E-state index in [1.807, 2.05) is 24.3 Å². The first-order valence-electron chi connectivity index (χ1n) is 9.97. The van der Waals surface area contributed by atoms with Crippen LogP contribution in [-0.2, 0) is 16.6 Å². The van der Waals surface area contributed by atoms with Crippen LogP contribution in [0.3, 0.4) is 0 Å². The fourth-order valence-corrected chi connectivity index (χ4v) is 5.58. The lowest BCUT2D eigenvalue weighted by molar-refractivity contribution is -0.0961. The number of rotatable bonds is 6. The molecule has 0 bridgehead atoms. The highest BCUT2D eigenvalue weighted by Crippen LogP contribution is 2.52.